The lowest BCUT2D eigenvalue weighted by Crippen LogP contribution is -2.03. The first-order valence-electron chi connectivity index (χ1n) is 9.64. The van der Waals surface area contributed by atoms with Gasteiger partial charge in [-0.15, -0.1) is 0 Å². The summed E-state index contributed by atoms with van der Waals surface area (Å²) in [7, 11) is 0. The second kappa shape index (κ2) is 7.68. The molecule has 0 spiro atoms. The SMILES string of the molecule is ON=c1cc(-c2cc3ccccc3cn2)oc2cc(/C=C/c3ccccc3)ccc12. The van der Waals surface area contributed by atoms with Crippen molar-refractivity contribution in [3.05, 3.63) is 108 Å². The van der Waals surface area contributed by atoms with Gasteiger partial charge in [0.2, 0.25) is 0 Å². The van der Waals surface area contributed by atoms with Crippen LogP contribution in [0.25, 0.3) is 45.3 Å². The molecule has 0 atom stereocenters. The van der Waals surface area contributed by atoms with Crippen LogP contribution in [-0.2, 0) is 0 Å². The van der Waals surface area contributed by atoms with Crippen molar-refractivity contribution in [3.63, 3.8) is 0 Å². The van der Waals surface area contributed by atoms with Gasteiger partial charge in [-0.05, 0) is 34.7 Å². The molecular weight excluding hydrogens is 372 g/mol. The van der Waals surface area contributed by atoms with E-state index in [1.54, 1.807) is 6.07 Å². The molecule has 0 amide bonds. The molecule has 144 valence electrons. The van der Waals surface area contributed by atoms with Crippen LogP contribution in [0.5, 0.6) is 0 Å². The van der Waals surface area contributed by atoms with Gasteiger partial charge in [0.1, 0.15) is 16.6 Å². The zero-order valence-corrected chi connectivity index (χ0v) is 16.1. The molecule has 30 heavy (non-hydrogen) atoms. The largest absolute Gasteiger partial charge is 0.454 e. The summed E-state index contributed by atoms with van der Waals surface area (Å²) in [6.45, 7) is 0. The minimum atomic E-state index is 0.444. The van der Waals surface area contributed by atoms with Gasteiger partial charge < -0.3 is 9.62 Å². The van der Waals surface area contributed by atoms with E-state index in [-0.39, 0.29) is 0 Å². The minimum Gasteiger partial charge on any atom is -0.454 e. The van der Waals surface area contributed by atoms with Gasteiger partial charge in [0.25, 0.3) is 0 Å². The van der Waals surface area contributed by atoms with Crippen molar-refractivity contribution in [1.82, 2.24) is 4.98 Å². The van der Waals surface area contributed by atoms with Crippen molar-refractivity contribution in [2.75, 3.05) is 0 Å². The lowest BCUT2D eigenvalue weighted by atomic mass is 10.1. The lowest BCUT2D eigenvalue weighted by Gasteiger charge is -2.06. The highest BCUT2D eigenvalue weighted by Crippen LogP contribution is 2.25. The Morgan fingerprint density at radius 1 is 0.767 bits per heavy atom. The van der Waals surface area contributed by atoms with Gasteiger partial charge in [0.15, 0.2) is 5.76 Å². The third kappa shape index (κ3) is 3.47. The molecule has 2 heterocycles. The zero-order chi connectivity index (χ0) is 20.3. The average molecular weight is 390 g/mol. The summed E-state index contributed by atoms with van der Waals surface area (Å²) in [5, 5.41) is 16.3. The second-order valence-corrected chi connectivity index (χ2v) is 7.01. The number of fused-ring (bicyclic) bond motifs is 2. The zero-order valence-electron chi connectivity index (χ0n) is 16.1. The van der Waals surface area contributed by atoms with E-state index < -0.39 is 0 Å². The van der Waals surface area contributed by atoms with Crippen LogP contribution >= 0.6 is 0 Å². The highest BCUT2D eigenvalue weighted by Gasteiger charge is 2.09. The maximum Gasteiger partial charge on any atom is 0.155 e. The van der Waals surface area contributed by atoms with Crippen molar-refractivity contribution in [2.24, 2.45) is 5.16 Å². The molecule has 0 saturated heterocycles. The van der Waals surface area contributed by atoms with E-state index in [9.17, 15) is 5.21 Å². The molecule has 0 fully saturated rings. The lowest BCUT2D eigenvalue weighted by molar-refractivity contribution is 0.302. The summed E-state index contributed by atoms with van der Waals surface area (Å²) in [4.78, 5) is 4.53. The molecule has 2 aromatic heterocycles. The normalized spacial score (nSPS) is 12.2. The van der Waals surface area contributed by atoms with E-state index in [1.165, 1.54) is 0 Å². The fraction of sp³-hybridized carbons (Fsp3) is 0. The minimum absolute atomic E-state index is 0.444. The van der Waals surface area contributed by atoms with E-state index >= 15 is 0 Å². The third-order valence-corrected chi connectivity index (χ3v) is 5.03. The molecule has 0 aliphatic carbocycles. The maximum absolute atomic E-state index is 9.55. The standard InChI is InChI=1S/C26H18N2O2/c29-28-23-16-26(24-15-20-8-4-5-9-21(20)17-27-24)30-25-14-19(12-13-22(23)25)11-10-18-6-2-1-3-7-18/h1-17,29H/b11-10+,28-23?. The Bertz CT molecular complexity index is 1450. The summed E-state index contributed by atoms with van der Waals surface area (Å²) in [6.07, 6.45) is 5.90. The predicted molar refractivity (Wildman–Crippen MR) is 120 cm³/mol. The molecule has 5 aromatic rings. The highest BCUT2D eigenvalue weighted by molar-refractivity contribution is 5.86. The van der Waals surface area contributed by atoms with Crippen molar-refractivity contribution in [2.45, 2.75) is 0 Å². The van der Waals surface area contributed by atoms with Crippen LogP contribution in [0.15, 0.2) is 101 Å². The molecule has 3 aromatic carbocycles. The van der Waals surface area contributed by atoms with Crippen LogP contribution < -0.4 is 5.36 Å². The van der Waals surface area contributed by atoms with E-state index in [1.807, 2.05) is 97.2 Å². The molecule has 0 aliphatic rings. The Kier molecular flexibility index (Phi) is 4.58. The van der Waals surface area contributed by atoms with Crippen molar-refractivity contribution >= 4 is 33.9 Å². The third-order valence-electron chi connectivity index (χ3n) is 5.03. The first-order chi connectivity index (χ1) is 14.8. The summed E-state index contributed by atoms with van der Waals surface area (Å²) in [5.41, 5.74) is 3.42. The first-order valence-corrected chi connectivity index (χ1v) is 9.64. The number of benzene rings is 3. The second-order valence-electron chi connectivity index (χ2n) is 7.01. The Hall–Kier alpha value is -4.18. The summed E-state index contributed by atoms with van der Waals surface area (Å²) < 4.78 is 6.16. The van der Waals surface area contributed by atoms with Gasteiger partial charge in [0, 0.05) is 23.0 Å². The Morgan fingerprint density at radius 2 is 1.53 bits per heavy atom. The molecule has 0 aliphatic heterocycles. The highest BCUT2D eigenvalue weighted by atomic mass is 16.4. The van der Waals surface area contributed by atoms with Crippen LogP contribution in [-0.4, -0.2) is 10.2 Å². The van der Waals surface area contributed by atoms with Crippen molar-refractivity contribution in [3.8, 4) is 11.5 Å². The maximum atomic E-state index is 9.55. The van der Waals surface area contributed by atoms with E-state index in [0.717, 1.165) is 27.3 Å². The summed E-state index contributed by atoms with van der Waals surface area (Å²) >= 11 is 0. The van der Waals surface area contributed by atoms with Crippen LogP contribution in [0.2, 0.25) is 0 Å². The fourth-order valence-corrected chi connectivity index (χ4v) is 3.47. The van der Waals surface area contributed by atoms with Gasteiger partial charge >= 0.3 is 0 Å². The smallest absolute Gasteiger partial charge is 0.155 e. The molecule has 1 N–H and O–H groups in total. The number of nitrogens with zero attached hydrogens (tertiary/aromatic N) is 2. The van der Waals surface area contributed by atoms with Gasteiger partial charge in [-0.25, -0.2) is 0 Å². The van der Waals surface area contributed by atoms with E-state index in [2.05, 4.69) is 10.1 Å². The number of hydrogen-bond donors (Lipinski definition) is 1. The number of aromatic nitrogens is 1. The van der Waals surface area contributed by atoms with Gasteiger partial charge in [-0.3, -0.25) is 4.98 Å². The number of rotatable bonds is 3. The number of pyridine rings is 1. The van der Waals surface area contributed by atoms with Crippen LogP contribution in [0.3, 0.4) is 0 Å². The van der Waals surface area contributed by atoms with Gasteiger partial charge in [-0.2, -0.15) is 0 Å². The summed E-state index contributed by atoms with van der Waals surface area (Å²) in [5.74, 6) is 0.547. The topological polar surface area (TPSA) is 58.6 Å². The number of hydrogen-bond acceptors (Lipinski definition) is 4. The molecule has 5 rings (SSSR count). The molecule has 0 unspecified atom stereocenters. The quantitative estimate of drug-likeness (QED) is 0.230. The van der Waals surface area contributed by atoms with Crippen LogP contribution in [0.1, 0.15) is 11.1 Å². The van der Waals surface area contributed by atoms with Gasteiger partial charge in [-0.1, -0.05) is 78.0 Å². The van der Waals surface area contributed by atoms with Crippen molar-refractivity contribution < 1.29 is 9.62 Å². The Balaban J connectivity index is 1.61. The van der Waals surface area contributed by atoms with Crippen LogP contribution in [0.4, 0.5) is 0 Å². The monoisotopic (exact) mass is 390 g/mol. The molecule has 0 bridgehead atoms. The molecular formula is C26H18N2O2. The van der Waals surface area contributed by atoms with E-state index in [4.69, 9.17) is 4.42 Å². The Labute approximate surface area is 173 Å². The van der Waals surface area contributed by atoms with E-state index in [0.29, 0.717) is 22.4 Å². The first kappa shape index (κ1) is 17.9. The molecule has 4 nitrogen and oxygen atoms in total. The predicted octanol–water partition coefficient (Wildman–Crippen LogP) is 6.11. The molecule has 0 saturated carbocycles. The molecule has 4 heteroatoms. The average Bonchev–Trinajstić information content (AvgIpc) is 2.82. The summed E-state index contributed by atoms with van der Waals surface area (Å²) in [6, 6.07) is 27.6. The van der Waals surface area contributed by atoms with Gasteiger partial charge in [0.05, 0.1) is 0 Å². The fourth-order valence-electron chi connectivity index (χ4n) is 3.47. The Morgan fingerprint density at radius 3 is 2.37 bits per heavy atom. The van der Waals surface area contributed by atoms with Crippen LogP contribution in [0, 0.1) is 0 Å². The van der Waals surface area contributed by atoms with Crippen molar-refractivity contribution in [1.29, 1.82) is 0 Å². The molecule has 0 radical (unpaired) electrons.